The molecule has 6 heteroatoms. The predicted octanol–water partition coefficient (Wildman–Crippen LogP) is 2.13. The summed E-state index contributed by atoms with van der Waals surface area (Å²) >= 11 is 0. The van der Waals surface area contributed by atoms with Crippen LogP contribution in [0.15, 0.2) is 4.90 Å². The smallest absolute Gasteiger partial charge is 0.244 e. The van der Waals surface area contributed by atoms with E-state index >= 15 is 0 Å². The standard InChI is InChI=1S/C13H23N3O2S/c1-8-5-9(2)7-12(6-8)16-19(17,18)13-10(3)14-15-11(13)4/h8-9,12,16H,5-7H2,1-4H3,(H,14,15). The molecule has 1 aromatic rings. The number of nitrogens with zero attached hydrogens (tertiary/aromatic N) is 1. The Balaban J connectivity index is 2.18. The van der Waals surface area contributed by atoms with Gasteiger partial charge in [0.25, 0.3) is 0 Å². The SMILES string of the molecule is Cc1n[nH]c(C)c1S(=O)(=O)NC1CC(C)CC(C)C1. The minimum atomic E-state index is -3.47. The number of sulfonamides is 1. The van der Waals surface area contributed by atoms with Gasteiger partial charge in [-0.2, -0.15) is 5.10 Å². The molecule has 1 fully saturated rings. The average Bonchev–Trinajstić information content (AvgIpc) is 2.56. The first-order chi connectivity index (χ1) is 8.79. The van der Waals surface area contributed by atoms with Gasteiger partial charge in [-0.3, -0.25) is 5.10 Å². The van der Waals surface area contributed by atoms with Crippen LogP contribution in [0.25, 0.3) is 0 Å². The number of aromatic amines is 1. The first-order valence-corrected chi connectivity index (χ1v) is 8.31. The van der Waals surface area contributed by atoms with Crippen LogP contribution in [0.2, 0.25) is 0 Å². The van der Waals surface area contributed by atoms with E-state index in [1.54, 1.807) is 13.8 Å². The minimum Gasteiger partial charge on any atom is -0.281 e. The monoisotopic (exact) mass is 285 g/mol. The lowest BCUT2D eigenvalue weighted by Gasteiger charge is -2.31. The van der Waals surface area contributed by atoms with Gasteiger partial charge in [-0.15, -0.1) is 0 Å². The van der Waals surface area contributed by atoms with Gasteiger partial charge < -0.3 is 0 Å². The van der Waals surface area contributed by atoms with E-state index in [-0.39, 0.29) is 6.04 Å². The summed E-state index contributed by atoms with van der Waals surface area (Å²) in [6.07, 6.45) is 3.01. The van der Waals surface area contributed by atoms with E-state index in [2.05, 4.69) is 28.8 Å². The molecule has 0 amide bonds. The molecule has 5 nitrogen and oxygen atoms in total. The van der Waals surface area contributed by atoms with Crippen molar-refractivity contribution in [2.75, 3.05) is 0 Å². The summed E-state index contributed by atoms with van der Waals surface area (Å²) in [6.45, 7) is 7.82. The molecule has 2 rings (SSSR count). The summed E-state index contributed by atoms with van der Waals surface area (Å²) < 4.78 is 27.7. The molecule has 0 aromatic carbocycles. The van der Waals surface area contributed by atoms with Gasteiger partial charge in [0.1, 0.15) is 4.90 Å². The second-order valence-corrected chi connectivity index (χ2v) is 7.65. The molecule has 1 aliphatic carbocycles. The lowest BCUT2D eigenvalue weighted by Crippen LogP contribution is -2.40. The summed E-state index contributed by atoms with van der Waals surface area (Å²) in [5, 5.41) is 6.69. The number of hydrogen-bond acceptors (Lipinski definition) is 3. The van der Waals surface area contributed by atoms with Crippen molar-refractivity contribution in [3.63, 3.8) is 0 Å². The van der Waals surface area contributed by atoms with Crippen molar-refractivity contribution in [2.45, 2.75) is 57.9 Å². The van der Waals surface area contributed by atoms with E-state index in [0.717, 1.165) is 12.8 Å². The number of nitrogens with one attached hydrogen (secondary N) is 2. The highest BCUT2D eigenvalue weighted by Crippen LogP contribution is 2.29. The van der Waals surface area contributed by atoms with Gasteiger partial charge in [0.05, 0.1) is 11.4 Å². The fourth-order valence-electron chi connectivity index (χ4n) is 3.26. The van der Waals surface area contributed by atoms with Crippen molar-refractivity contribution < 1.29 is 8.42 Å². The molecule has 2 N–H and O–H groups in total. The molecule has 1 heterocycles. The van der Waals surface area contributed by atoms with Gasteiger partial charge in [-0.05, 0) is 44.9 Å². The van der Waals surface area contributed by atoms with E-state index in [1.165, 1.54) is 6.42 Å². The van der Waals surface area contributed by atoms with Crippen LogP contribution in [0, 0.1) is 25.7 Å². The number of H-pyrrole nitrogens is 1. The van der Waals surface area contributed by atoms with E-state index in [4.69, 9.17) is 0 Å². The Morgan fingerprint density at radius 3 is 2.21 bits per heavy atom. The molecule has 0 radical (unpaired) electrons. The lowest BCUT2D eigenvalue weighted by atomic mass is 9.81. The predicted molar refractivity (Wildman–Crippen MR) is 74.4 cm³/mol. The van der Waals surface area contributed by atoms with Crippen LogP contribution >= 0.6 is 0 Å². The molecule has 2 unspecified atom stereocenters. The van der Waals surface area contributed by atoms with Gasteiger partial charge in [0, 0.05) is 6.04 Å². The highest BCUT2D eigenvalue weighted by Gasteiger charge is 2.30. The van der Waals surface area contributed by atoms with Crippen molar-refractivity contribution in [3.05, 3.63) is 11.4 Å². The molecule has 0 saturated heterocycles. The lowest BCUT2D eigenvalue weighted by molar-refractivity contribution is 0.257. The van der Waals surface area contributed by atoms with Crippen molar-refractivity contribution in [2.24, 2.45) is 11.8 Å². The second kappa shape index (κ2) is 5.25. The second-order valence-electron chi connectivity index (χ2n) is 6.00. The Bertz CT molecular complexity index is 521. The van der Waals surface area contributed by atoms with Gasteiger partial charge in [-0.25, -0.2) is 13.1 Å². The number of aryl methyl sites for hydroxylation is 2. The Kier molecular flexibility index (Phi) is 4.01. The fourth-order valence-corrected chi connectivity index (χ4v) is 4.89. The molecule has 0 bridgehead atoms. The fraction of sp³-hybridized carbons (Fsp3) is 0.769. The number of rotatable bonds is 3. The largest absolute Gasteiger partial charge is 0.281 e. The number of aromatic nitrogens is 2. The number of hydrogen-bond donors (Lipinski definition) is 2. The van der Waals surface area contributed by atoms with E-state index in [9.17, 15) is 8.42 Å². The summed E-state index contributed by atoms with van der Waals surface area (Å²) in [6, 6.07) is 0.0393. The first kappa shape index (κ1) is 14.5. The van der Waals surface area contributed by atoms with Crippen molar-refractivity contribution in [3.8, 4) is 0 Å². The third-order valence-corrected chi connectivity index (χ3v) is 5.61. The third kappa shape index (κ3) is 3.17. The quantitative estimate of drug-likeness (QED) is 0.893. The van der Waals surface area contributed by atoms with Gasteiger partial charge in [0.2, 0.25) is 10.0 Å². The molecule has 0 spiro atoms. The van der Waals surface area contributed by atoms with Crippen LogP contribution in [-0.2, 0) is 10.0 Å². The maximum atomic E-state index is 12.4. The van der Waals surface area contributed by atoms with Crippen molar-refractivity contribution in [1.82, 2.24) is 14.9 Å². The molecule has 19 heavy (non-hydrogen) atoms. The van der Waals surface area contributed by atoms with Gasteiger partial charge in [0.15, 0.2) is 0 Å². The third-order valence-electron chi connectivity index (χ3n) is 3.83. The van der Waals surface area contributed by atoms with Crippen LogP contribution in [0.3, 0.4) is 0 Å². The van der Waals surface area contributed by atoms with E-state index in [1.807, 2.05) is 0 Å². The van der Waals surface area contributed by atoms with E-state index in [0.29, 0.717) is 28.1 Å². The highest BCUT2D eigenvalue weighted by atomic mass is 32.2. The Labute approximate surface area is 115 Å². The molecule has 108 valence electrons. The maximum Gasteiger partial charge on any atom is 0.244 e. The van der Waals surface area contributed by atoms with Crippen LogP contribution in [0.1, 0.15) is 44.5 Å². The molecular weight excluding hydrogens is 262 g/mol. The zero-order valence-corrected chi connectivity index (χ0v) is 12.8. The normalized spacial score (nSPS) is 28.5. The molecule has 2 atom stereocenters. The minimum absolute atomic E-state index is 0.0393. The topological polar surface area (TPSA) is 74.8 Å². The Morgan fingerprint density at radius 2 is 1.74 bits per heavy atom. The van der Waals surface area contributed by atoms with Crippen LogP contribution < -0.4 is 4.72 Å². The Hall–Kier alpha value is -0.880. The first-order valence-electron chi connectivity index (χ1n) is 6.83. The molecular formula is C13H23N3O2S. The molecule has 1 aliphatic rings. The summed E-state index contributed by atoms with van der Waals surface area (Å²) in [5.41, 5.74) is 1.13. The van der Waals surface area contributed by atoms with Gasteiger partial charge in [-0.1, -0.05) is 13.8 Å². The zero-order valence-electron chi connectivity index (χ0n) is 12.0. The zero-order chi connectivity index (χ0) is 14.2. The van der Waals surface area contributed by atoms with Crippen LogP contribution in [0.5, 0.6) is 0 Å². The van der Waals surface area contributed by atoms with E-state index < -0.39 is 10.0 Å². The van der Waals surface area contributed by atoms with Crippen molar-refractivity contribution in [1.29, 1.82) is 0 Å². The molecule has 1 saturated carbocycles. The Morgan fingerprint density at radius 1 is 1.16 bits per heavy atom. The summed E-state index contributed by atoms with van der Waals surface area (Å²) in [4.78, 5) is 0.304. The molecule has 0 aliphatic heterocycles. The average molecular weight is 285 g/mol. The van der Waals surface area contributed by atoms with Crippen molar-refractivity contribution >= 4 is 10.0 Å². The molecule has 1 aromatic heterocycles. The highest BCUT2D eigenvalue weighted by molar-refractivity contribution is 7.89. The van der Waals surface area contributed by atoms with Crippen LogP contribution in [0.4, 0.5) is 0 Å². The van der Waals surface area contributed by atoms with Gasteiger partial charge >= 0.3 is 0 Å². The summed E-state index contributed by atoms with van der Waals surface area (Å²) in [7, 11) is -3.47. The van der Waals surface area contributed by atoms with Crippen LogP contribution in [-0.4, -0.2) is 24.7 Å². The maximum absolute atomic E-state index is 12.4. The summed E-state index contributed by atoms with van der Waals surface area (Å²) in [5.74, 6) is 1.14.